The van der Waals surface area contributed by atoms with E-state index in [1.54, 1.807) is 25.9 Å². The highest BCUT2D eigenvalue weighted by Crippen LogP contribution is 2.19. The van der Waals surface area contributed by atoms with E-state index in [-0.39, 0.29) is 0 Å². The van der Waals surface area contributed by atoms with Crippen molar-refractivity contribution in [3.05, 3.63) is 6.07 Å². The molecule has 0 aromatic carbocycles. The van der Waals surface area contributed by atoms with Crippen molar-refractivity contribution in [2.45, 2.75) is 11.4 Å². The SMILES string of the molecule is CNc1cc(SCCCOC)nc(N)n1. The number of anilines is 2. The molecule has 0 aliphatic heterocycles. The number of nitrogens with one attached hydrogen (secondary N) is 1. The zero-order valence-corrected chi connectivity index (χ0v) is 9.80. The Bertz CT molecular complexity index is 308. The Morgan fingerprint density at radius 2 is 2.33 bits per heavy atom. The van der Waals surface area contributed by atoms with Crippen LogP contribution in [0.4, 0.5) is 11.8 Å². The van der Waals surface area contributed by atoms with Gasteiger partial charge in [0.2, 0.25) is 5.95 Å². The first-order chi connectivity index (χ1) is 7.26. The lowest BCUT2D eigenvalue weighted by Crippen LogP contribution is -2.01. The summed E-state index contributed by atoms with van der Waals surface area (Å²) in [5.41, 5.74) is 5.57. The van der Waals surface area contributed by atoms with Gasteiger partial charge < -0.3 is 15.8 Å². The molecule has 0 amide bonds. The average molecular weight is 228 g/mol. The van der Waals surface area contributed by atoms with Gasteiger partial charge >= 0.3 is 0 Å². The van der Waals surface area contributed by atoms with Crippen molar-refractivity contribution in [3.63, 3.8) is 0 Å². The highest BCUT2D eigenvalue weighted by molar-refractivity contribution is 7.99. The molecule has 1 heterocycles. The molecule has 0 saturated heterocycles. The molecule has 0 saturated carbocycles. The summed E-state index contributed by atoms with van der Waals surface area (Å²) >= 11 is 1.65. The smallest absolute Gasteiger partial charge is 0.223 e. The van der Waals surface area contributed by atoms with E-state index in [1.165, 1.54) is 0 Å². The van der Waals surface area contributed by atoms with Gasteiger partial charge in [0, 0.05) is 32.6 Å². The van der Waals surface area contributed by atoms with E-state index < -0.39 is 0 Å². The first-order valence-corrected chi connectivity index (χ1v) is 5.69. The summed E-state index contributed by atoms with van der Waals surface area (Å²) in [4.78, 5) is 8.14. The number of aromatic nitrogens is 2. The van der Waals surface area contributed by atoms with Crippen LogP contribution in [0.2, 0.25) is 0 Å². The summed E-state index contributed by atoms with van der Waals surface area (Å²) in [7, 11) is 3.51. The van der Waals surface area contributed by atoms with Crippen molar-refractivity contribution in [1.29, 1.82) is 0 Å². The standard InChI is InChI=1S/C9H16N4OS/c1-11-7-6-8(13-9(10)12-7)15-5-3-4-14-2/h6H,3-5H2,1-2H3,(H3,10,11,12,13). The maximum atomic E-state index is 5.57. The molecule has 0 bridgehead atoms. The van der Waals surface area contributed by atoms with Crippen molar-refractivity contribution < 1.29 is 4.74 Å². The molecule has 0 spiro atoms. The quantitative estimate of drug-likeness (QED) is 0.433. The monoisotopic (exact) mass is 228 g/mol. The fourth-order valence-corrected chi connectivity index (χ4v) is 1.85. The number of thioether (sulfide) groups is 1. The summed E-state index contributed by atoms with van der Waals surface area (Å²) in [6.45, 7) is 0.770. The van der Waals surface area contributed by atoms with Gasteiger partial charge in [-0.15, -0.1) is 11.8 Å². The lowest BCUT2D eigenvalue weighted by molar-refractivity contribution is 0.200. The number of rotatable bonds is 6. The van der Waals surface area contributed by atoms with Gasteiger partial charge in [-0.1, -0.05) is 0 Å². The highest BCUT2D eigenvalue weighted by atomic mass is 32.2. The molecular weight excluding hydrogens is 212 g/mol. The number of ether oxygens (including phenoxy) is 1. The van der Waals surface area contributed by atoms with Gasteiger partial charge in [0.1, 0.15) is 10.8 Å². The van der Waals surface area contributed by atoms with Crippen LogP contribution < -0.4 is 11.1 Å². The molecule has 15 heavy (non-hydrogen) atoms. The van der Waals surface area contributed by atoms with Crippen molar-refractivity contribution in [3.8, 4) is 0 Å². The molecule has 0 radical (unpaired) electrons. The molecule has 0 aliphatic carbocycles. The van der Waals surface area contributed by atoms with E-state index in [4.69, 9.17) is 10.5 Å². The Morgan fingerprint density at radius 3 is 3.00 bits per heavy atom. The highest BCUT2D eigenvalue weighted by Gasteiger charge is 2.01. The molecular formula is C9H16N4OS. The second-order valence-electron chi connectivity index (χ2n) is 2.89. The third-order valence-corrected chi connectivity index (χ3v) is 2.72. The molecule has 84 valence electrons. The third-order valence-electron chi connectivity index (χ3n) is 1.72. The minimum Gasteiger partial charge on any atom is -0.385 e. The largest absolute Gasteiger partial charge is 0.385 e. The van der Waals surface area contributed by atoms with Crippen LogP contribution >= 0.6 is 11.8 Å². The summed E-state index contributed by atoms with van der Waals surface area (Å²) in [5, 5.41) is 3.83. The maximum Gasteiger partial charge on any atom is 0.223 e. The van der Waals surface area contributed by atoms with E-state index in [9.17, 15) is 0 Å². The van der Waals surface area contributed by atoms with E-state index in [1.807, 2.05) is 6.07 Å². The van der Waals surface area contributed by atoms with Gasteiger partial charge in [0.25, 0.3) is 0 Å². The molecule has 5 nitrogen and oxygen atoms in total. The Balaban J connectivity index is 2.49. The molecule has 0 atom stereocenters. The number of hydrogen-bond donors (Lipinski definition) is 2. The van der Waals surface area contributed by atoms with E-state index >= 15 is 0 Å². The average Bonchev–Trinajstić information content (AvgIpc) is 2.23. The van der Waals surface area contributed by atoms with Gasteiger partial charge in [0.05, 0.1) is 0 Å². The van der Waals surface area contributed by atoms with E-state index in [0.717, 1.165) is 29.6 Å². The van der Waals surface area contributed by atoms with Crippen LogP contribution in [0.5, 0.6) is 0 Å². The van der Waals surface area contributed by atoms with Crippen LogP contribution in [-0.4, -0.2) is 36.5 Å². The molecule has 0 unspecified atom stereocenters. The fourth-order valence-electron chi connectivity index (χ4n) is 1.02. The minimum absolute atomic E-state index is 0.302. The number of nitrogens with two attached hydrogens (primary N) is 1. The predicted octanol–water partition coefficient (Wildman–Crippen LogP) is 1.23. The van der Waals surface area contributed by atoms with Crippen molar-refractivity contribution >= 4 is 23.5 Å². The lowest BCUT2D eigenvalue weighted by Gasteiger charge is -2.04. The van der Waals surface area contributed by atoms with Crippen LogP contribution in [0, 0.1) is 0 Å². The number of hydrogen-bond acceptors (Lipinski definition) is 6. The Labute approximate surface area is 93.8 Å². The summed E-state index contributed by atoms with van der Waals surface area (Å²) < 4.78 is 4.97. The molecule has 3 N–H and O–H groups in total. The van der Waals surface area contributed by atoms with Gasteiger partial charge in [-0.05, 0) is 6.42 Å². The maximum absolute atomic E-state index is 5.57. The first-order valence-electron chi connectivity index (χ1n) is 4.70. The second-order valence-corrected chi connectivity index (χ2v) is 4.01. The normalized spacial score (nSPS) is 10.3. The van der Waals surface area contributed by atoms with Crippen molar-refractivity contribution in [1.82, 2.24) is 9.97 Å². The Morgan fingerprint density at radius 1 is 1.53 bits per heavy atom. The molecule has 1 aromatic heterocycles. The fraction of sp³-hybridized carbons (Fsp3) is 0.556. The lowest BCUT2D eigenvalue weighted by atomic mass is 10.5. The predicted molar refractivity (Wildman–Crippen MR) is 63.2 cm³/mol. The molecule has 1 rings (SSSR count). The van der Waals surface area contributed by atoms with Crippen LogP contribution in [0.25, 0.3) is 0 Å². The van der Waals surface area contributed by atoms with Crippen LogP contribution in [0.15, 0.2) is 11.1 Å². The van der Waals surface area contributed by atoms with Crippen molar-refractivity contribution in [2.75, 3.05) is 37.6 Å². The Hall–Kier alpha value is -1.01. The molecule has 1 aromatic rings. The number of nitrogens with zero attached hydrogens (tertiary/aromatic N) is 2. The Kier molecular flexibility index (Phi) is 5.20. The van der Waals surface area contributed by atoms with E-state index in [2.05, 4.69) is 15.3 Å². The van der Waals surface area contributed by atoms with Gasteiger partial charge in [-0.25, -0.2) is 4.98 Å². The van der Waals surface area contributed by atoms with Gasteiger partial charge in [0.15, 0.2) is 0 Å². The minimum atomic E-state index is 0.302. The van der Waals surface area contributed by atoms with Gasteiger partial charge in [-0.3, -0.25) is 0 Å². The van der Waals surface area contributed by atoms with Crippen LogP contribution in [0.1, 0.15) is 6.42 Å². The van der Waals surface area contributed by atoms with Gasteiger partial charge in [-0.2, -0.15) is 4.98 Å². The zero-order chi connectivity index (χ0) is 11.1. The van der Waals surface area contributed by atoms with Crippen LogP contribution in [0.3, 0.4) is 0 Å². The second kappa shape index (κ2) is 6.47. The number of nitrogen functional groups attached to an aromatic ring is 1. The van der Waals surface area contributed by atoms with Crippen molar-refractivity contribution in [2.24, 2.45) is 0 Å². The molecule has 0 aliphatic rings. The zero-order valence-electron chi connectivity index (χ0n) is 8.99. The summed E-state index contributed by atoms with van der Waals surface area (Å²) in [6, 6.07) is 1.88. The topological polar surface area (TPSA) is 73.1 Å². The summed E-state index contributed by atoms with van der Waals surface area (Å²) in [5.74, 6) is 2.01. The third kappa shape index (κ3) is 4.35. The van der Waals surface area contributed by atoms with E-state index in [0.29, 0.717) is 5.95 Å². The summed E-state index contributed by atoms with van der Waals surface area (Å²) in [6.07, 6.45) is 1.000. The van der Waals surface area contributed by atoms with Crippen LogP contribution in [-0.2, 0) is 4.74 Å². The number of methoxy groups -OCH3 is 1. The molecule has 6 heteroatoms. The molecule has 0 fully saturated rings. The first kappa shape index (κ1) is 12.1.